The van der Waals surface area contributed by atoms with Crippen LogP contribution in [0, 0.1) is 13.8 Å². The molecular weight excluding hydrogens is 376 g/mol. The van der Waals surface area contributed by atoms with Gasteiger partial charge >= 0.3 is 0 Å². The Morgan fingerprint density at radius 3 is 2.29 bits per heavy atom. The van der Waals surface area contributed by atoms with E-state index >= 15 is 0 Å². The lowest BCUT2D eigenvalue weighted by atomic mass is 10.1. The van der Waals surface area contributed by atoms with Crippen molar-refractivity contribution < 1.29 is 18.0 Å². The van der Waals surface area contributed by atoms with Crippen molar-refractivity contribution in [3.05, 3.63) is 59.2 Å². The molecule has 150 valence electrons. The number of Topliss-reactive ketones (excluding diaryl/α,β-unsaturated/α-hetero) is 1. The van der Waals surface area contributed by atoms with Gasteiger partial charge in [0.1, 0.15) is 6.04 Å². The average molecular weight is 403 g/mol. The molecule has 28 heavy (non-hydrogen) atoms. The van der Waals surface area contributed by atoms with Crippen molar-refractivity contribution in [2.75, 3.05) is 15.9 Å². The molecule has 0 radical (unpaired) electrons. The Bertz CT molecular complexity index is 999. The molecule has 2 aromatic rings. The van der Waals surface area contributed by atoms with Gasteiger partial charge in [-0.15, -0.1) is 0 Å². The minimum Gasteiger partial charge on any atom is -0.324 e. The zero-order chi connectivity index (χ0) is 21.1. The minimum atomic E-state index is -3.70. The molecule has 0 bridgehead atoms. The number of carbonyl (C=O) groups excluding carboxylic acids is 2. The molecule has 6 nitrogen and oxygen atoms in total. The van der Waals surface area contributed by atoms with Crippen molar-refractivity contribution in [3.8, 4) is 0 Å². The van der Waals surface area contributed by atoms with Gasteiger partial charge in [-0.3, -0.25) is 13.9 Å². The van der Waals surface area contributed by atoms with E-state index in [9.17, 15) is 18.0 Å². The van der Waals surface area contributed by atoms with E-state index in [0.717, 1.165) is 21.7 Å². The molecule has 0 heterocycles. The van der Waals surface area contributed by atoms with Crippen LogP contribution in [0.1, 0.15) is 41.8 Å². The first-order valence-electron chi connectivity index (χ1n) is 9.03. The van der Waals surface area contributed by atoms with Crippen LogP contribution < -0.4 is 9.62 Å². The van der Waals surface area contributed by atoms with Crippen molar-refractivity contribution in [3.63, 3.8) is 0 Å². The summed E-state index contributed by atoms with van der Waals surface area (Å²) in [5.74, 6) is -0.567. The maximum absolute atomic E-state index is 12.9. The normalized spacial score (nSPS) is 12.3. The third-order valence-corrected chi connectivity index (χ3v) is 5.79. The third-order valence-electron chi connectivity index (χ3n) is 4.61. The van der Waals surface area contributed by atoms with Gasteiger partial charge in [0.15, 0.2) is 5.78 Å². The van der Waals surface area contributed by atoms with Crippen LogP contribution >= 0.6 is 0 Å². The van der Waals surface area contributed by atoms with E-state index in [-0.39, 0.29) is 12.2 Å². The summed E-state index contributed by atoms with van der Waals surface area (Å²) in [6.45, 7) is 7.04. The molecule has 0 aliphatic heterocycles. The molecule has 1 N–H and O–H groups in total. The molecule has 0 aromatic heterocycles. The number of sulfonamides is 1. The number of nitrogens with zero attached hydrogens (tertiary/aromatic N) is 1. The summed E-state index contributed by atoms with van der Waals surface area (Å²) < 4.78 is 26.2. The zero-order valence-corrected chi connectivity index (χ0v) is 17.6. The van der Waals surface area contributed by atoms with Gasteiger partial charge in [0.25, 0.3) is 0 Å². The van der Waals surface area contributed by atoms with Gasteiger partial charge < -0.3 is 5.32 Å². The minimum absolute atomic E-state index is 0.115. The van der Waals surface area contributed by atoms with Crippen LogP contribution in [0.3, 0.4) is 0 Å². The first kappa shape index (κ1) is 21.6. The van der Waals surface area contributed by atoms with E-state index in [1.165, 1.54) is 6.92 Å². The first-order valence-corrected chi connectivity index (χ1v) is 10.9. The number of nitrogens with one attached hydrogen (secondary N) is 1. The Hall–Kier alpha value is -2.67. The lowest BCUT2D eigenvalue weighted by molar-refractivity contribution is -0.117. The molecule has 2 aromatic carbocycles. The smallest absolute Gasteiger partial charge is 0.248 e. The number of hydrogen-bond acceptors (Lipinski definition) is 4. The summed E-state index contributed by atoms with van der Waals surface area (Å²) in [4.78, 5) is 24.5. The number of anilines is 2. The topological polar surface area (TPSA) is 83.6 Å². The van der Waals surface area contributed by atoms with E-state index < -0.39 is 22.0 Å². The number of rotatable bonds is 7. The average Bonchev–Trinajstić information content (AvgIpc) is 2.61. The Labute approximate surface area is 166 Å². The van der Waals surface area contributed by atoms with Gasteiger partial charge in [-0.25, -0.2) is 8.42 Å². The largest absolute Gasteiger partial charge is 0.324 e. The monoisotopic (exact) mass is 402 g/mol. The predicted octanol–water partition coefficient (Wildman–Crippen LogP) is 3.69. The Morgan fingerprint density at radius 2 is 1.75 bits per heavy atom. The van der Waals surface area contributed by atoms with Crippen molar-refractivity contribution in [2.45, 2.75) is 40.2 Å². The van der Waals surface area contributed by atoms with Gasteiger partial charge in [0, 0.05) is 11.3 Å². The quantitative estimate of drug-likeness (QED) is 0.716. The second-order valence-electron chi connectivity index (χ2n) is 6.88. The number of aryl methyl sites for hydroxylation is 2. The summed E-state index contributed by atoms with van der Waals surface area (Å²) in [6, 6.07) is 11.0. The van der Waals surface area contributed by atoms with Crippen LogP contribution in [0.15, 0.2) is 42.5 Å². The standard InChI is InChI=1S/C21H26N2O4S/c1-6-20(21(25)22-18-9-7-8-17(13-18)16(4)24)23(28(5,26)27)19-11-10-14(2)15(3)12-19/h7-13,20H,6H2,1-5H3,(H,22,25). The molecule has 1 amide bonds. The van der Waals surface area contributed by atoms with Crippen LogP contribution in [0.4, 0.5) is 11.4 Å². The number of carbonyl (C=O) groups is 2. The molecule has 2 rings (SSSR count). The number of ketones is 1. The highest BCUT2D eigenvalue weighted by molar-refractivity contribution is 7.92. The van der Waals surface area contributed by atoms with Gasteiger partial charge in [0.2, 0.25) is 15.9 Å². The molecule has 0 saturated heterocycles. The Morgan fingerprint density at radius 1 is 1.07 bits per heavy atom. The van der Waals surface area contributed by atoms with Crippen molar-refractivity contribution in [1.29, 1.82) is 0 Å². The summed E-state index contributed by atoms with van der Waals surface area (Å²) in [5, 5.41) is 2.74. The lowest BCUT2D eigenvalue weighted by Gasteiger charge is -2.30. The van der Waals surface area contributed by atoms with E-state index in [2.05, 4.69) is 5.32 Å². The first-order chi connectivity index (χ1) is 13.0. The maximum Gasteiger partial charge on any atom is 0.248 e. The van der Waals surface area contributed by atoms with E-state index in [1.807, 2.05) is 19.9 Å². The predicted molar refractivity (Wildman–Crippen MR) is 112 cm³/mol. The van der Waals surface area contributed by atoms with Gasteiger partial charge in [-0.2, -0.15) is 0 Å². The third kappa shape index (κ3) is 4.98. The second kappa shape index (κ2) is 8.56. The van der Waals surface area contributed by atoms with E-state index in [4.69, 9.17) is 0 Å². The van der Waals surface area contributed by atoms with Gasteiger partial charge in [-0.1, -0.05) is 25.1 Å². The molecule has 0 spiro atoms. The van der Waals surface area contributed by atoms with Crippen LogP contribution in [-0.2, 0) is 14.8 Å². The highest BCUT2D eigenvalue weighted by Gasteiger charge is 2.31. The molecule has 0 aliphatic carbocycles. The van der Waals surface area contributed by atoms with Crippen molar-refractivity contribution in [2.24, 2.45) is 0 Å². The molecular formula is C21H26N2O4S. The fourth-order valence-electron chi connectivity index (χ4n) is 2.96. The van der Waals surface area contributed by atoms with Crippen LogP contribution in [-0.4, -0.2) is 32.4 Å². The molecule has 0 aliphatic rings. The SMILES string of the molecule is CCC(C(=O)Nc1cccc(C(C)=O)c1)N(c1ccc(C)c(C)c1)S(C)(=O)=O. The Balaban J connectivity index is 2.40. The lowest BCUT2D eigenvalue weighted by Crippen LogP contribution is -2.47. The fraction of sp³-hybridized carbons (Fsp3) is 0.333. The Kier molecular flexibility index (Phi) is 6.61. The van der Waals surface area contributed by atoms with Crippen molar-refractivity contribution in [1.82, 2.24) is 0 Å². The zero-order valence-electron chi connectivity index (χ0n) is 16.8. The van der Waals surface area contributed by atoms with Crippen LogP contribution in [0.25, 0.3) is 0 Å². The number of benzene rings is 2. The summed E-state index contributed by atoms with van der Waals surface area (Å²) in [5.41, 5.74) is 3.35. The highest BCUT2D eigenvalue weighted by atomic mass is 32.2. The van der Waals surface area contributed by atoms with E-state index in [0.29, 0.717) is 16.9 Å². The van der Waals surface area contributed by atoms with Crippen LogP contribution in [0.2, 0.25) is 0 Å². The second-order valence-corrected chi connectivity index (χ2v) is 8.74. The van der Waals surface area contributed by atoms with Gasteiger partial charge in [-0.05, 0) is 62.6 Å². The summed E-state index contributed by atoms with van der Waals surface area (Å²) >= 11 is 0. The number of hydrogen-bond donors (Lipinski definition) is 1. The maximum atomic E-state index is 12.9. The molecule has 1 unspecified atom stereocenters. The fourth-order valence-corrected chi connectivity index (χ4v) is 4.17. The highest BCUT2D eigenvalue weighted by Crippen LogP contribution is 2.25. The van der Waals surface area contributed by atoms with E-state index in [1.54, 1.807) is 43.3 Å². The van der Waals surface area contributed by atoms with Gasteiger partial charge in [0.05, 0.1) is 11.9 Å². The number of amides is 1. The van der Waals surface area contributed by atoms with Crippen molar-refractivity contribution >= 4 is 33.1 Å². The van der Waals surface area contributed by atoms with Crippen LogP contribution in [0.5, 0.6) is 0 Å². The molecule has 0 fully saturated rings. The molecule has 7 heteroatoms. The summed E-state index contributed by atoms with van der Waals surface area (Å²) in [7, 11) is -3.70. The molecule has 0 saturated carbocycles. The summed E-state index contributed by atoms with van der Waals surface area (Å²) in [6.07, 6.45) is 1.38. The molecule has 1 atom stereocenters.